The lowest BCUT2D eigenvalue weighted by Gasteiger charge is -2.37. The predicted octanol–water partition coefficient (Wildman–Crippen LogP) is 9.53. The number of benzene rings is 6. The summed E-state index contributed by atoms with van der Waals surface area (Å²) in [4.78, 5) is 0. The van der Waals surface area contributed by atoms with Gasteiger partial charge in [0.1, 0.15) is 40.1 Å². The second kappa shape index (κ2) is 15.9. The molecule has 250 valence electrons. The first-order valence-corrected chi connectivity index (χ1v) is 16.6. The van der Waals surface area contributed by atoms with E-state index < -0.39 is 0 Å². The van der Waals surface area contributed by atoms with E-state index in [0.717, 1.165) is 16.6 Å². The molecule has 6 aromatic rings. The van der Waals surface area contributed by atoms with Crippen molar-refractivity contribution in [3.8, 4) is 28.7 Å². The van der Waals surface area contributed by atoms with Crippen LogP contribution in [0.4, 0.5) is 17.1 Å². The Balaban J connectivity index is 0.000000192. The Morgan fingerprint density at radius 1 is 0.510 bits per heavy atom. The van der Waals surface area contributed by atoms with E-state index in [9.17, 15) is 25.5 Å². The van der Waals surface area contributed by atoms with Crippen LogP contribution in [0.3, 0.4) is 0 Å². The fourth-order valence-electron chi connectivity index (χ4n) is 6.28. The zero-order valence-corrected chi connectivity index (χ0v) is 28.0. The van der Waals surface area contributed by atoms with Crippen LogP contribution in [0.15, 0.2) is 140 Å². The molecule has 0 bridgehead atoms. The summed E-state index contributed by atoms with van der Waals surface area (Å²) in [6.45, 7) is 5.20. The van der Waals surface area contributed by atoms with Crippen molar-refractivity contribution in [3.63, 3.8) is 0 Å². The summed E-state index contributed by atoms with van der Waals surface area (Å²) in [5.41, 5.74) is 6.99. The summed E-state index contributed by atoms with van der Waals surface area (Å²) in [7, 11) is 0. The Morgan fingerprint density at radius 2 is 0.898 bits per heavy atom. The number of phenolic OH excluding ortho intramolecular Hbond substituents is 4. The molecular formula is C43H43NO5. The fourth-order valence-corrected chi connectivity index (χ4v) is 6.28. The Bertz CT molecular complexity index is 1790. The van der Waals surface area contributed by atoms with Crippen molar-refractivity contribution in [2.45, 2.75) is 39.5 Å². The second-order valence-corrected chi connectivity index (χ2v) is 12.3. The van der Waals surface area contributed by atoms with E-state index in [1.165, 1.54) is 54.2 Å². The van der Waals surface area contributed by atoms with E-state index in [1.807, 2.05) is 6.92 Å². The first-order valence-electron chi connectivity index (χ1n) is 16.6. The molecule has 4 N–H and O–H groups in total. The molecule has 0 atom stereocenters. The highest BCUT2D eigenvalue weighted by molar-refractivity contribution is 5.70. The molecule has 49 heavy (non-hydrogen) atoms. The van der Waals surface area contributed by atoms with Crippen LogP contribution in [0.1, 0.15) is 47.6 Å². The van der Waals surface area contributed by atoms with Crippen molar-refractivity contribution < 1.29 is 25.5 Å². The molecule has 0 aromatic heterocycles. The van der Waals surface area contributed by atoms with Gasteiger partial charge in [-0.15, -0.1) is 5.75 Å². The lowest BCUT2D eigenvalue weighted by molar-refractivity contribution is -0.270. The molecule has 0 heterocycles. The number of quaternary nitrogens is 1. The third-order valence-electron chi connectivity index (χ3n) is 8.72. The fraction of sp³-hybridized carbons (Fsp3) is 0.163. The average molecular weight is 654 g/mol. The number of aromatic hydroxyl groups is 4. The van der Waals surface area contributed by atoms with Crippen LogP contribution in [-0.2, 0) is 12.8 Å². The van der Waals surface area contributed by atoms with Crippen molar-refractivity contribution in [2.75, 3.05) is 6.54 Å². The smallest absolute Gasteiger partial charge is 0.143 e. The van der Waals surface area contributed by atoms with Gasteiger partial charge in [-0.05, 0) is 73.0 Å². The highest BCUT2D eigenvalue weighted by Gasteiger charge is 2.35. The molecule has 0 aliphatic heterocycles. The van der Waals surface area contributed by atoms with Crippen LogP contribution in [0.2, 0.25) is 0 Å². The Kier molecular flexibility index (Phi) is 11.2. The molecule has 0 saturated carbocycles. The molecular weight excluding hydrogens is 610 g/mol. The van der Waals surface area contributed by atoms with Crippen molar-refractivity contribution in [3.05, 3.63) is 167 Å². The maximum atomic E-state index is 12.8. The third-order valence-corrected chi connectivity index (χ3v) is 8.72. The number of unbranched alkanes of at least 4 members (excludes halogenated alkanes) is 1. The van der Waals surface area contributed by atoms with Crippen molar-refractivity contribution in [1.82, 2.24) is 4.48 Å². The van der Waals surface area contributed by atoms with Gasteiger partial charge in [0, 0.05) is 25.0 Å². The summed E-state index contributed by atoms with van der Waals surface area (Å²) in [5, 5.41) is 51.5. The van der Waals surface area contributed by atoms with Gasteiger partial charge in [0.05, 0.1) is 6.54 Å². The highest BCUT2D eigenvalue weighted by atomic mass is 16.3. The highest BCUT2D eigenvalue weighted by Crippen LogP contribution is 2.43. The number of aryl methyl sites for hydroxylation is 1. The molecule has 6 aromatic carbocycles. The third kappa shape index (κ3) is 8.23. The van der Waals surface area contributed by atoms with Gasteiger partial charge in [-0.1, -0.05) is 109 Å². The zero-order valence-electron chi connectivity index (χ0n) is 28.0. The number of hydrogen-bond acceptors (Lipinski definition) is 5. The summed E-state index contributed by atoms with van der Waals surface area (Å²) in [5.74, 6) is -0.370. The summed E-state index contributed by atoms with van der Waals surface area (Å²) in [6.07, 6.45) is 2.84. The van der Waals surface area contributed by atoms with Gasteiger partial charge in [0.15, 0.2) is 0 Å². The van der Waals surface area contributed by atoms with Crippen LogP contribution < -0.4 is 9.59 Å². The maximum Gasteiger partial charge on any atom is 0.143 e. The molecule has 0 aliphatic rings. The number of phenols is 4. The van der Waals surface area contributed by atoms with Gasteiger partial charge in [0.2, 0.25) is 0 Å². The lowest BCUT2D eigenvalue weighted by atomic mass is 9.95. The molecule has 0 amide bonds. The van der Waals surface area contributed by atoms with E-state index in [4.69, 9.17) is 0 Å². The zero-order chi connectivity index (χ0) is 34.8. The van der Waals surface area contributed by atoms with Crippen molar-refractivity contribution >= 4 is 17.1 Å². The molecule has 0 unspecified atom stereocenters. The molecule has 6 nitrogen and oxygen atoms in total. The normalized spacial score (nSPS) is 11.1. The second-order valence-electron chi connectivity index (χ2n) is 12.3. The van der Waals surface area contributed by atoms with Crippen molar-refractivity contribution in [2.24, 2.45) is 0 Å². The quantitative estimate of drug-likeness (QED) is 0.110. The first-order chi connectivity index (χ1) is 23.7. The van der Waals surface area contributed by atoms with Crippen LogP contribution in [0, 0.1) is 6.92 Å². The van der Waals surface area contributed by atoms with E-state index in [1.54, 1.807) is 24.3 Å². The van der Waals surface area contributed by atoms with Gasteiger partial charge < -0.3 is 25.5 Å². The number of nitrogens with zero attached hydrogens (tertiary/aromatic N) is 1. The standard InChI is InChI=1S/C22H24N.C21H20O5/c1-2-3-19-23(20-13-7-4-8-14-20,21-15-9-5-10-16-21)22-17-11-6-12-18-22;1-12-6-15(8-13-2-4-17(22)10-19(13)24)21(26)16(7-12)9-14-3-5-18(23)11-20(14)25/h4-18H,2-3,19H2,1H3;2-7,10-11,22-26H,8-9H2,1H3/q+1;/p-1. The molecule has 0 aliphatic carbocycles. The van der Waals surface area contributed by atoms with E-state index >= 15 is 0 Å². The summed E-state index contributed by atoms with van der Waals surface area (Å²) >= 11 is 0. The van der Waals surface area contributed by atoms with E-state index in [2.05, 4.69) is 97.9 Å². The Morgan fingerprint density at radius 3 is 1.24 bits per heavy atom. The monoisotopic (exact) mass is 653 g/mol. The van der Waals surface area contributed by atoms with Crippen molar-refractivity contribution in [1.29, 1.82) is 0 Å². The molecule has 0 saturated heterocycles. The van der Waals surface area contributed by atoms with E-state index in [-0.39, 0.29) is 41.6 Å². The number of para-hydroxylation sites is 3. The number of hydrogen-bond donors (Lipinski definition) is 4. The van der Waals surface area contributed by atoms with Gasteiger partial charge in [0.25, 0.3) is 0 Å². The van der Waals surface area contributed by atoms with Crippen LogP contribution in [-0.4, -0.2) is 27.0 Å². The van der Waals surface area contributed by atoms with Crippen LogP contribution in [0.25, 0.3) is 0 Å². The van der Waals surface area contributed by atoms with Crippen LogP contribution >= 0.6 is 0 Å². The van der Waals surface area contributed by atoms with Gasteiger partial charge in [-0.25, -0.2) is 4.48 Å². The van der Waals surface area contributed by atoms with E-state index in [0.29, 0.717) is 22.3 Å². The minimum atomic E-state index is -0.157. The Hall–Kier alpha value is -5.72. The lowest BCUT2D eigenvalue weighted by Crippen LogP contribution is -2.39. The first kappa shape index (κ1) is 34.6. The summed E-state index contributed by atoms with van der Waals surface area (Å²) in [6, 6.07) is 44.7. The molecule has 6 rings (SSSR count). The van der Waals surface area contributed by atoms with Gasteiger partial charge >= 0.3 is 0 Å². The minimum Gasteiger partial charge on any atom is -0.872 e. The predicted molar refractivity (Wildman–Crippen MR) is 196 cm³/mol. The average Bonchev–Trinajstić information content (AvgIpc) is 3.11. The topological polar surface area (TPSA) is 104 Å². The van der Waals surface area contributed by atoms with Gasteiger partial charge in [-0.3, -0.25) is 0 Å². The number of rotatable bonds is 10. The maximum absolute atomic E-state index is 12.8. The van der Waals surface area contributed by atoms with Gasteiger partial charge in [-0.2, -0.15) is 0 Å². The largest absolute Gasteiger partial charge is 0.872 e. The molecule has 0 fully saturated rings. The molecule has 6 heteroatoms. The SMILES string of the molecule is CCCC[N+](c1ccccc1)(c1ccccc1)c1ccccc1.Cc1cc(Cc2ccc(O)cc2O)c([O-])c(Cc2ccc(O)cc2O)c1. The van der Waals surface area contributed by atoms with Crippen LogP contribution in [0.5, 0.6) is 28.7 Å². The Labute approximate surface area is 288 Å². The minimum absolute atomic E-state index is 0.0404. The summed E-state index contributed by atoms with van der Waals surface area (Å²) < 4.78 is 0.774. The molecule has 0 radical (unpaired) electrons. The molecule has 0 spiro atoms.